The SMILES string of the molecule is O=C(CC1CC2CCC1C2)Nc1ccc(N2CCCC2=O)c(F)c1. The maximum absolute atomic E-state index is 14.3. The van der Waals surface area contributed by atoms with Crippen molar-refractivity contribution < 1.29 is 14.0 Å². The van der Waals surface area contributed by atoms with E-state index in [9.17, 15) is 14.0 Å². The van der Waals surface area contributed by atoms with Crippen LogP contribution in [0.5, 0.6) is 0 Å². The third-order valence-corrected chi connectivity index (χ3v) is 5.93. The zero-order valence-corrected chi connectivity index (χ0v) is 13.8. The van der Waals surface area contributed by atoms with E-state index >= 15 is 0 Å². The maximum Gasteiger partial charge on any atom is 0.227 e. The quantitative estimate of drug-likeness (QED) is 0.915. The summed E-state index contributed by atoms with van der Waals surface area (Å²) in [5.41, 5.74) is 0.777. The van der Waals surface area contributed by atoms with Crippen molar-refractivity contribution in [2.75, 3.05) is 16.8 Å². The van der Waals surface area contributed by atoms with Gasteiger partial charge in [-0.25, -0.2) is 4.39 Å². The number of nitrogens with zero attached hydrogens (tertiary/aromatic N) is 1. The minimum absolute atomic E-state index is 0.0306. The Labute approximate surface area is 141 Å². The number of carbonyl (C=O) groups excluding carboxylic acids is 2. The van der Waals surface area contributed by atoms with Crippen LogP contribution in [0.1, 0.15) is 44.9 Å². The van der Waals surface area contributed by atoms with Gasteiger partial charge in [0.1, 0.15) is 5.82 Å². The number of benzene rings is 1. The van der Waals surface area contributed by atoms with Crippen LogP contribution in [0.2, 0.25) is 0 Å². The topological polar surface area (TPSA) is 49.4 Å². The lowest BCUT2D eigenvalue weighted by molar-refractivity contribution is -0.118. The van der Waals surface area contributed by atoms with E-state index in [0.717, 1.165) is 12.3 Å². The van der Waals surface area contributed by atoms with Crippen LogP contribution in [-0.4, -0.2) is 18.4 Å². The molecule has 4 rings (SSSR count). The molecule has 0 radical (unpaired) electrons. The zero-order chi connectivity index (χ0) is 16.7. The minimum atomic E-state index is -0.456. The van der Waals surface area contributed by atoms with Gasteiger partial charge in [-0.05, 0) is 61.6 Å². The molecule has 4 nitrogen and oxygen atoms in total. The summed E-state index contributed by atoms with van der Waals surface area (Å²) in [7, 11) is 0. The molecule has 0 aromatic heterocycles. The molecule has 1 aromatic carbocycles. The molecule has 24 heavy (non-hydrogen) atoms. The molecule has 5 heteroatoms. The average Bonchev–Trinajstić information content (AvgIpc) is 3.24. The van der Waals surface area contributed by atoms with Gasteiger partial charge in [0.25, 0.3) is 0 Å². The Morgan fingerprint density at radius 1 is 1.29 bits per heavy atom. The van der Waals surface area contributed by atoms with Crippen molar-refractivity contribution in [3.05, 3.63) is 24.0 Å². The molecule has 2 amide bonds. The highest BCUT2D eigenvalue weighted by atomic mass is 19.1. The van der Waals surface area contributed by atoms with Crippen LogP contribution in [0.25, 0.3) is 0 Å². The number of fused-ring (bicyclic) bond motifs is 2. The number of rotatable bonds is 4. The van der Waals surface area contributed by atoms with E-state index in [4.69, 9.17) is 0 Å². The first-order valence-corrected chi connectivity index (χ1v) is 9.00. The molecule has 3 atom stereocenters. The summed E-state index contributed by atoms with van der Waals surface area (Å²) >= 11 is 0. The summed E-state index contributed by atoms with van der Waals surface area (Å²) in [6.45, 7) is 0.561. The normalized spacial score (nSPS) is 28.6. The molecule has 1 saturated heterocycles. The van der Waals surface area contributed by atoms with Crippen LogP contribution in [0, 0.1) is 23.6 Å². The highest BCUT2D eigenvalue weighted by Gasteiger charge is 2.40. The molecule has 1 aromatic rings. The molecular weight excluding hydrogens is 307 g/mol. The smallest absolute Gasteiger partial charge is 0.227 e. The van der Waals surface area contributed by atoms with E-state index in [1.54, 1.807) is 12.1 Å². The molecule has 3 fully saturated rings. The van der Waals surface area contributed by atoms with E-state index in [0.29, 0.717) is 42.6 Å². The van der Waals surface area contributed by atoms with Gasteiger partial charge in [-0.3, -0.25) is 9.59 Å². The fraction of sp³-hybridized carbons (Fsp3) is 0.579. The fourth-order valence-corrected chi connectivity index (χ4v) is 4.78. The van der Waals surface area contributed by atoms with Gasteiger partial charge in [0, 0.05) is 25.1 Å². The number of carbonyl (C=O) groups is 2. The third-order valence-electron chi connectivity index (χ3n) is 5.93. The first-order valence-electron chi connectivity index (χ1n) is 9.00. The molecule has 1 N–H and O–H groups in total. The fourth-order valence-electron chi connectivity index (χ4n) is 4.78. The summed E-state index contributed by atoms with van der Waals surface area (Å²) in [6.07, 6.45) is 6.81. The van der Waals surface area contributed by atoms with Crippen molar-refractivity contribution in [3.63, 3.8) is 0 Å². The molecule has 1 heterocycles. The van der Waals surface area contributed by atoms with Gasteiger partial charge in [-0.2, -0.15) is 0 Å². The Morgan fingerprint density at radius 3 is 2.79 bits per heavy atom. The molecule has 3 aliphatic rings. The molecule has 2 bridgehead atoms. The summed E-state index contributed by atoms with van der Waals surface area (Å²) in [5.74, 6) is 1.50. The van der Waals surface area contributed by atoms with Crippen molar-refractivity contribution in [1.29, 1.82) is 0 Å². The van der Waals surface area contributed by atoms with Crippen molar-refractivity contribution in [2.45, 2.75) is 44.9 Å². The van der Waals surface area contributed by atoms with Crippen molar-refractivity contribution >= 4 is 23.2 Å². The maximum atomic E-state index is 14.3. The Morgan fingerprint density at radius 2 is 2.17 bits per heavy atom. The molecule has 1 aliphatic heterocycles. The van der Waals surface area contributed by atoms with E-state index in [-0.39, 0.29) is 11.8 Å². The molecule has 2 aliphatic carbocycles. The van der Waals surface area contributed by atoms with E-state index in [2.05, 4.69) is 5.32 Å². The van der Waals surface area contributed by atoms with Crippen LogP contribution < -0.4 is 10.2 Å². The third kappa shape index (κ3) is 2.92. The Bertz CT molecular complexity index is 675. The standard InChI is InChI=1S/C19H23FN2O2/c20-16-11-15(5-6-17(16)22-7-1-2-19(22)24)21-18(23)10-14-9-12-3-4-13(14)8-12/h5-6,11-14H,1-4,7-10H2,(H,21,23). The summed E-state index contributed by atoms with van der Waals surface area (Å²) in [6, 6.07) is 4.59. The second-order valence-corrected chi connectivity index (χ2v) is 7.50. The van der Waals surface area contributed by atoms with Crippen molar-refractivity contribution in [1.82, 2.24) is 0 Å². The van der Waals surface area contributed by atoms with Gasteiger partial charge in [0.2, 0.25) is 11.8 Å². The van der Waals surface area contributed by atoms with E-state index in [1.807, 2.05) is 0 Å². The summed E-state index contributed by atoms with van der Waals surface area (Å²) in [5, 5.41) is 2.82. The number of amides is 2. The average molecular weight is 330 g/mol. The molecule has 2 saturated carbocycles. The van der Waals surface area contributed by atoms with Gasteiger partial charge >= 0.3 is 0 Å². The highest BCUT2D eigenvalue weighted by Crippen LogP contribution is 2.49. The zero-order valence-electron chi connectivity index (χ0n) is 13.8. The van der Waals surface area contributed by atoms with Crippen LogP contribution in [-0.2, 0) is 9.59 Å². The molecule has 128 valence electrons. The number of hydrogen-bond acceptors (Lipinski definition) is 2. The lowest BCUT2D eigenvalue weighted by Gasteiger charge is -2.21. The molecule has 3 unspecified atom stereocenters. The Kier molecular flexibility index (Phi) is 4.02. The number of hydrogen-bond donors (Lipinski definition) is 1. The van der Waals surface area contributed by atoms with Gasteiger partial charge in [0.15, 0.2) is 0 Å². The van der Waals surface area contributed by atoms with Crippen LogP contribution in [0.3, 0.4) is 0 Å². The van der Waals surface area contributed by atoms with Gasteiger partial charge in [-0.15, -0.1) is 0 Å². The van der Waals surface area contributed by atoms with Gasteiger partial charge in [-0.1, -0.05) is 6.42 Å². The number of anilines is 2. The highest BCUT2D eigenvalue weighted by molar-refractivity contribution is 5.96. The second kappa shape index (κ2) is 6.19. The number of nitrogens with one attached hydrogen (secondary N) is 1. The van der Waals surface area contributed by atoms with E-state index < -0.39 is 5.82 Å². The van der Waals surface area contributed by atoms with Crippen LogP contribution in [0.15, 0.2) is 18.2 Å². The van der Waals surface area contributed by atoms with Crippen LogP contribution >= 0.6 is 0 Å². The van der Waals surface area contributed by atoms with Crippen LogP contribution in [0.4, 0.5) is 15.8 Å². The van der Waals surface area contributed by atoms with E-state index in [1.165, 1.54) is 36.6 Å². The van der Waals surface area contributed by atoms with Gasteiger partial charge < -0.3 is 10.2 Å². The monoisotopic (exact) mass is 330 g/mol. The number of halogens is 1. The van der Waals surface area contributed by atoms with Crippen molar-refractivity contribution in [2.24, 2.45) is 17.8 Å². The van der Waals surface area contributed by atoms with Crippen molar-refractivity contribution in [3.8, 4) is 0 Å². The first kappa shape index (κ1) is 15.6. The largest absolute Gasteiger partial charge is 0.326 e. The second-order valence-electron chi connectivity index (χ2n) is 7.50. The Hall–Kier alpha value is -1.91. The Balaban J connectivity index is 1.38. The summed E-state index contributed by atoms with van der Waals surface area (Å²) < 4.78 is 14.3. The summed E-state index contributed by atoms with van der Waals surface area (Å²) in [4.78, 5) is 25.5. The lowest BCUT2D eigenvalue weighted by Crippen LogP contribution is -2.25. The lowest BCUT2D eigenvalue weighted by atomic mass is 9.86. The predicted molar refractivity (Wildman–Crippen MR) is 90.2 cm³/mol. The first-order chi connectivity index (χ1) is 11.6. The molecule has 0 spiro atoms. The predicted octanol–water partition coefficient (Wildman–Crippen LogP) is 3.72. The van der Waals surface area contributed by atoms with Gasteiger partial charge in [0.05, 0.1) is 5.69 Å². The minimum Gasteiger partial charge on any atom is -0.326 e. The molecular formula is C19H23FN2O2.